The van der Waals surface area contributed by atoms with Crippen molar-refractivity contribution in [3.8, 4) is 0 Å². The summed E-state index contributed by atoms with van der Waals surface area (Å²) in [6, 6.07) is 0.702. The second kappa shape index (κ2) is 8.25. The van der Waals surface area contributed by atoms with Crippen LogP contribution in [0.2, 0.25) is 0 Å². The van der Waals surface area contributed by atoms with E-state index in [2.05, 4.69) is 5.32 Å². The lowest BCUT2D eigenvalue weighted by Crippen LogP contribution is -2.43. The highest BCUT2D eigenvalue weighted by Crippen LogP contribution is 2.25. The SMILES string of the molecule is [B]C(NC1CCCCCC1)C1CCCCCCC1. The van der Waals surface area contributed by atoms with Crippen LogP contribution in [-0.2, 0) is 0 Å². The molecule has 0 aromatic carbocycles. The van der Waals surface area contributed by atoms with E-state index in [1.54, 1.807) is 0 Å². The van der Waals surface area contributed by atoms with Gasteiger partial charge < -0.3 is 5.32 Å². The van der Waals surface area contributed by atoms with Crippen LogP contribution >= 0.6 is 0 Å². The Bertz CT molecular complexity index is 203. The highest BCUT2D eigenvalue weighted by Gasteiger charge is 2.21. The fourth-order valence-corrected chi connectivity index (χ4v) is 3.70. The maximum Gasteiger partial charge on any atom is 0.0910 e. The van der Waals surface area contributed by atoms with Crippen LogP contribution in [0, 0.1) is 5.92 Å². The number of hydrogen-bond acceptors (Lipinski definition) is 1. The Morgan fingerprint density at radius 3 is 1.67 bits per heavy atom. The molecule has 0 bridgehead atoms. The Kier molecular flexibility index (Phi) is 6.61. The predicted molar refractivity (Wildman–Crippen MR) is 80.0 cm³/mol. The molecule has 2 aliphatic carbocycles. The molecule has 0 aliphatic heterocycles. The first-order chi connectivity index (χ1) is 8.86. The van der Waals surface area contributed by atoms with E-state index in [9.17, 15) is 0 Å². The van der Waals surface area contributed by atoms with Crippen LogP contribution in [0.3, 0.4) is 0 Å². The van der Waals surface area contributed by atoms with Crippen molar-refractivity contribution < 1.29 is 0 Å². The van der Waals surface area contributed by atoms with E-state index < -0.39 is 0 Å². The molecule has 1 atom stereocenters. The van der Waals surface area contributed by atoms with E-state index >= 15 is 0 Å². The molecule has 18 heavy (non-hydrogen) atoms. The Morgan fingerprint density at radius 2 is 1.11 bits per heavy atom. The molecule has 2 rings (SSSR count). The van der Waals surface area contributed by atoms with Crippen LogP contribution in [0.1, 0.15) is 83.5 Å². The van der Waals surface area contributed by atoms with Crippen LogP contribution in [0.4, 0.5) is 0 Å². The van der Waals surface area contributed by atoms with Gasteiger partial charge in [0.25, 0.3) is 0 Å². The summed E-state index contributed by atoms with van der Waals surface area (Å²) in [4.78, 5) is 0. The summed E-state index contributed by atoms with van der Waals surface area (Å²) < 4.78 is 0. The lowest BCUT2D eigenvalue weighted by molar-refractivity contribution is 0.310. The third-order valence-electron chi connectivity index (χ3n) is 4.94. The van der Waals surface area contributed by atoms with E-state index in [1.807, 2.05) is 0 Å². The predicted octanol–water partition coefficient (Wildman–Crippen LogP) is 4.15. The van der Waals surface area contributed by atoms with E-state index in [0.29, 0.717) is 6.04 Å². The molecule has 2 heteroatoms. The third-order valence-corrected chi connectivity index (χ3v) is 4.94. The van der Waals surface area contributed by atoms with Crippen LogP contribution in [0.15, 0.2) is 0 Å². The molecule has 1 nitrogen and oxygen atoms in total. The van der Waals surface area contributed by atoms with Gasteiger partial charge >= 0.3 is 0 Å². The zero-order valence-corrected chi connectivity index (χ0v) is 12.0. The normalized spacial score (nSPS) is 27.1. The molecule has 2 saturated carbocycles. The van der Waals surface area contributed by atoms with Crippen molar-refractivity contribution in [1.29, 1.82) is 0 Å². The lowest BCUT2D eigenvalue weighted by Gasteiger charge is -2.31. The Hall–Kier alpha value is 0.0249. The summed E-state index contributed by atoms with van der Waals surface area (Å²) in [7, 11) is 6.44. The first kappa shape index (κ1) is 14.4. The van der Waals surface area contributed by atoms with Crippen molar-refractivity contribution in [2.45, 2.75) is 95.5 Å². The van der Waals surface area contributed by atoms with Crippen molar-refractivity contribution in [3.63, 3.8) is 0 Å². The van der Waals surface area contributed by atoms with Gasteiger partial charge in [-0.25, -0.2) is 0 Å². The highest BCUT2D eigenvalue weighted by molar-refractivity contribution is 6.11. The minimum Gasteiger partial charge on any atom is -0.319 e. The van der Waals surface area contributed by atoms with Gasteiger partial charge in [-0.1, -0.05) is 57.8 Å². The third kappa shape index (κ3) is 4.95. The topological polar surface area (TPSA) is 12.0 Å². The van der Waals surface area contributed by atoms with Crippen LogP contribution in [0.5, 0.6) is 0 Å². The van der Waals surface area contributed by atoms with Gasteiger partial charge in [0.1, 0.15) is 0 Å². The van der Waals surface area contributed by atoms with E-state index in [-0.39, 0.29) is 5.94 Å². The van der Waals surface area contributed by atoms with Gasteiger partial charge in [0.2, 0.25) is 0 Å². The maximum absolute atomic E-state index is 6.44. The van der Waals surface area contributed by atoms with Gasteiger partial charge in [0.15, 0.2) is 0 Å². The minimum absolute atomic E-state index is 0.256. The molecule has 1 unspecified atom stereocenters. The molecule has 0 heterocycles. The molecular weight excluding hydrogens is 217 g/mol. The molecule has 0 spiro atoms. The van der Waals surface area contributed by atoms with Crippen LogP contribution in [-0.4, -0.2) is 19.8 Å². The Balaban J connectivity index is 1.75. The molecule has 2 radical (unpaired) electrons. The van der Waals surface area contributed by atoms with Crippen molar-refractivity contribution in [1.82, 2.24) is 5.32 Å². The Morgan fingerprint density at radius 1 is 0.667 bits per heavy atom. The molecule has 2 aliphatic rings. The molecular formula is C16H30BN. The van der Waals surface area contributed by atoms with E-state index in [4.69, 9.17) is 7.85 Å². The molecule has 102 valence electrons. The van der Waals surface area contributed by atoms with Crippen LogP contribution in [0.25, 0.3) is 0 Å². The molecule has 0 amide bonds. The summed E-state index contributed by atoms with van der Waals surface area (Å²) >= 11 is 0. The summed E-state index contributed by atoms with van der Waals surface area (Å²) in [6.45, 7) is 0. The fraction of sp³-hybridized carbons (Fsp3) is 1.00. The summed E-state index contributed by atoms with van der Waals surface area (Å²) in [6.07, 6.45) is 18.1. The summed E-state index contributed by atoms with van der Waals surface area (Å²) in [5, 5.41) is 3.75. The van der Waals surface area contributed by atoms with Crippen molar-refractivity contribution in [2.24, 2.45) is 5.92 Å². The standard InChI is InChI=1S/C16H30BN/c17-16(14-10-6-2-1-3-7-11-14)18-15-12-8-4-5-9-13-15/h14-16,18H,1-13H2. The van der Waals surface area contributed by atoms with Gasteiger partial charge in [-0.3, -0.25) is 0 Å². The lowest BCUT2D eigenvalue weighted by atomic mass is 9.76. The number of hydrogen-bond donors (Lipinski definition) is 1. The molecule has 1 N–H and O–H groups in total. The molecule has 0 aromatic rings. The molecule has 0 aromatic heterocycles. The van der Waals surface area contributed by atoms with Gasteiger partial charge in [-0.2, -0.15) is 0 Å². The fourth-order valence-electron chi connectivity index (χ4n) is 3.70. The summed E-state index contributed by atoms with van der Waals surface area (Å²) in [5.74, 6) is 0.986. The Labute approximate surface area is 115 Å². The van der Waals surface area contributed by atoms with Crippen molar-refractivity contribution in [3.05, 3.63) is 0 Å². The van der Waals surface area contributed by atoms with Crippen molar-refractivity contribution in [2.75, 3.05) is 0 Å². The molecule has 0 saturated heterocycles. The minimum atomic E-state index is 0.256. The van der Waals surface area contributed by atoms with Gasteiger partial charge in [-0.15, -0.1) is 0 Å². The second-order valence-electron chi connectivity index (χ2n) is 6.49. The average Bonchev–Trinajstić information content (AvgIpc) is 2.57. The maximum atomic E-state index is 6.44. The van der Waals surface area contributed by atoms with Crippen molar-refractivity contribution >= 4 is 7.85 Å². The largest absolute Gasteiger partial charge is 0.319 e. The number of nitrogens with one attached hydrogen (secondary N) is 1. The monoisotopic (exact) mass is 247 g/mol. The highest BCUT2D eigenvalue weighted by atomic mass is 14.9. The van der Waals surface area contributed by atoms with E-state index in [1.165, 1.54) is 83.5 Å². The van der Waals surface area contributed by atoms with Crippen LogP contribution < -0.4 is 5.32 Å². The first-order valence-corrected chi connectivity index (χ1v) is 8.38. The number of rotatable bonds is 3. The van der Waals surface area contributed by atoms with E-state index in [0.717, 1.165) is 5.92 Å². The summed E-state index contributed by atoms with van der Waals surface area (Å²) in [5.41, 5.74) is 0. The average molecular weight is 247 g/mol. The van der Waals surface area contributed by atoms with Gasteiger partial charge in [0.05, 0.1) is 7.85 Å². The molecule has 2 fully saturated rings. The second-order valence-corrected chi connectivity index (χ2v) is 6.49. The van der Waals surface area contributed by atoms with Gasteiger partial charge in [0, 0.05) is 6.04 Å². The zero-order valence-electron chi connectivity index (χ0n) is 12.0. The zero-order chi connectivity index (χ0) is 12.6. The quantitative estimate of drug-likeness (QED) is 0.583. The first-order valence-electron chi connectivity index (χ1n) is 8.38. The van der Waals surface area contributed by atoms with Gasteiger partial charge in [-0.05, 0) is 37.5 Å². The smallest absolute Gasteiger partial charge is 0.0910 e.